The fourth-order valence-corrected chi connectivity index (χ4v) is 4.01. The Balaban J connectivity index is 1.60. The van der Waals surface area contributed by atoms with E-state index in [1.54, 1.807) is 0 Å². The Kier molecular flexibility index (Phi) is 4.82. The standard InChI is InChI=1S/C19H26F2O/c1-12-3-5-14(6-4-12)15-7-8-19(22-11-15)16-9-17(20)13(2)18(21)10-16/h9-10,12,14-15,19H,3-8,11H2,1-2H3. The molecule has 1 aromatic carbocycles. The summed E-state index contributed by atoms with van der Waals surface area (Å²) >= 11 is 0. The van der Waals surface area contributed by atoms with Crippen LogP contribution >= 0.6 is 0 Å². The van der Waals surface area contributed by atoms with Gasteiger partial charge in [0.25, 0.3) is 0 Å². The predicted molar refractivity (Wildman–Crippen MR) is 83.6 cm³/mol. The van der Waals surface area contributed by atoms with Crippen molar-refractivity contribution < 1.29 is 13.5 Å². The lowest BCUT2D eigenvalue weighted by Crippen LogP contribution is -2.29. The molecule has 122 valence electrons. The zero-order valence-electron chi connectivity index (χ0n) is 13.6. The first-order chi connectivity index (χ1) is 10.5. The second-order valence-electron chi connectivity index (χ2n) is 7.29. The number of hydrogen-bond acceptors (Lipinski definition) is 1. The minimum Gasteiger partial charge on any atom is -0.373 e. The monoisotopic (exact) mass is 308 g/mol. The smallest absolute Gasteiger partial charge is 0.129 e. The van der Waals surface area contributed by atoms with Crippen LogP contribution < -0.4 is 0 Å². The molecule has 3 rings (SSSR count). The molecule has 1 aliphatic carbocycles. The van der Waals surface area contributed by atoms with E-state index >= 15 is 0 Å². The third kappa shape index (κ3) is 3.34. The molecule has 0 radical (unpaired) electrons. The van der Waals surface area contributed by atoms with Gasteiger partial charge in [0.2, 0.25) is 0 Å². The van der Waals surface area contributed by atoms with Crippen LogP contribution in [0.2, 0.25) is 0 Å². The fraction of sp³-hybridized carbons (Fsp3) is 0.684. The Hall–Kier alpha value is -0.960. The summed E-state index contributed by atoms with van der Waals surface area (Å²) in [4.78, 5) is 0. The van der Waals surface area contributed by atoms with Gasteiger partial charge < -0.3 is 4.74 Å². The number of rotatable bonds is 2. The summed E-state index contributed by atoms with van der Waals surface area (Å²) in [5.41, 5.74) is 0.741. The summed E-state index contributed by atoms with van der Waals surface area (Å²) < 4.78 is 33.4. The summed E-state index contributed by atoms with van der Waals surface area (Å²) in [5, 5.41) is 0. The fourth-order valence-electron chi connectivity index (χ4n) is 4.01. The van der Waals surface area contributed by atoms with Crippen LogP contribution in [0.25, 0.3) is 0 Å². The summed E-state index contributed by atoms with van der Waals surface area (Å²) in [6.07, 6.45) is 7.13. The molecule has 2 atom stereocenters. The van der Waals surface area contributed by atoms with E-state index in [0.29, 0.717) is 11.5 Å². The first kappa shape index (κ1) is 15.9. The molecule has 1 aliphatic heterocycles. The van der Waals surface area contributed by atoms with Crippen molar-refractivity contribution in [1.29, 1.82) is 0 Å². The van der Waals surface area contributed by atoms with Gasteiger partial charge in [-0.15, -0.1) is 0 Å². The van der Waals surface area contributed by atoms with E-state index < -0.39 is 11.6 Å². The molecule has 0 N–H and O–H groups in total. The van der Waals surface area contributed by atoms with E-state index in [1.807, 2.05) is 0 Å². The predicted octanol–water partition coefficient (Wildman–Crippen LogP) is 5.57. The summed E-state index contributed by atoms with van der Waals surface area (Å²) in [6.45, 7) is 4.54. The molecule has 0 spiro atoms. The zero-order chi connectivity index (χ0) is 15.7. The average Bonchev–Trinajstić information content (AvgIpc) is 2.53. The van der Waals surface area contributed by atoms with E-state index in [0.717, 1.165) is 31.3 Å². The third-order valence-corrected chi connectivity index (χ3v) is 5.71. The van der Waals surface area contributed by atoms with Crippen LogP contribution in [-0.4, -0.2) is 6.61 Å². The summed E-state index contributed by atoms with van der Waals surface area (Å²) in [6, 6.07) is 2.87. The van der Waals surface area contributed by atoms with Crippen LogP contribution in [0, 0.1) is 36.3 Å². The third-order valence-electron chi connectivity index (χ3n) is 5.71. The molecule has 0 aromatic heterocycles. The van der Waals surface area contributed by atoms with E-state index in [2.05, 4.69) is 6.92 Å². The van der Waals surface area contributed by atoms with Gasteiger partial charge in [-0.2, -0.15) is 0 Å². The van der Waals surface area contributed by atoms with Gasteiger partial charge in [0, 0.05) is 5.56 Å². The van der Waals surface area contributed by atoms with Gasteiger partial charge >= 0.3 is 0 Å². The van der Waals surface area contributed by atoms with Gasteiger partial charge in [0.05, 0.1) is 12.7 Å². The van der Waals surface area contributed by atoms with Crippen molar-refractivity contribution in [3.05, 3.63) is 34.9 Å². The van der Waals surface area contributed by atoms with Gasteiger partial charge in [-0.05, 0) is 68.1 Å². The van der Waals surface area contributed by atoms with E-state index in [9.17, 15) is 8.78 Å². The highest BCUT2D eigenvalue weighted by Crippen LogP contribution is 2.40. The first-order valence-corrected chi connectivity index (χ1v) is 8.61. The Morgan fingerprint density at radius 1 is 0.909 bits per heavy atom. The minimum atomic E-state index is -0.470. The van der Waals surface area contributed by atoms with Gasteiger partial charge in [-0.3, -0.25) is 0 Å². The molecule has 1 saturated heterocycles. The number of hydrogen-bond donors (Lipinski definition) is 0. The van der Waals surface area contributed by atoms with Crippen LogP contribution in [0.4, 0.5) is 8.78 Å². The van der Waals surface area contributed by atoms with Crippen molar-refractivity contribution in [3.8, 4) is 0 Å². The lowest BCUT2D eigenvalue weighted by atomic mass is 9.74. The van der Waals surface area contributed by atoms with E-state index in [1.165, 1.54) is 44.7 Å². The van der Waals surface area contributed by atoms with Crippen LogP contribution in [0.3, 0.4) is 0 Å². The maximum Gasteiger partial charge on any atom is 0.129 e. The van der Waals surface area contributed by atoms with Crippen molar-refractivity contribution in [1.82, 2.24) is 0 Å². The maximum atomic E-state index is 13.7. The van der Waals surface area contributed by atoms with Crippen LogP contribution in [0.15, 0.2) is 12.1 Å². The van der Waals surface area contributed by atoms with Crippen molar-refractivity contribution in [3.63, 3.8) is 0 Å². The van der Waals surface area contributed by atoms with Gasteiger partial charge in [0.15, 0.2) is 0 Å². The van der Waals surface area contributed by atoms with E-state index in [-0.39, 0.29) is 11.7 Å². The second-order valence-corrected chi connectivity index (χ2v) is 7.29. The first-order valence-electron chi connectivity index (χ1n) is 8.61. The number of benzene rings is 1. The Morgan fingerprint density at radius 2 is 1.50 bits per heavy atom. The second kappa shape index (κ2) is 6.66. The highest BCUT2D eigenvalue weighted by molar-refractivity contribution is 5.27. The lowest BCUT2D eigenvalue weighted by Gasteiger charge is -2.37. The molecule has 0 bridgehead atoms. The SMILES string of the molecule is Cc1c(F)cc(C2CCC(C3CCC(C)CC3)CO2)cc1F. The molecule has 1 saturated carbocycles. The van der Waals surface area contributed by atoms with Gasteiger partial charge in [-0.25, -0.2) is 8.78 Å². The molecule has 2 aliphatic rings. The van der Waals surface area contributed by atoms with Crippen molar-refractivity contribution >= 4 is 0 Å². The molecular formula is C19H26F2O. The highest BCUT2D eigenvalue weighted by Gasteiger charge is 2.31. The molecule has 0 amide bonds. The average molecular weight is 308 g/mol. The van der Waals surface area contributed by atoms with Crippen LogP contribution in [-0.2, 0) is 4.74 Å². The number of halogens is 2. The van der Waals surface area contributed by atoms with Crippen molar-refractivity contribution in [2.24, 2.45) is 17.8 Å². The van der Waals surface area contributed by atoms with Crippen LogP contribution in [0.5, 0.6) is 0 Å². The Morgan fingerprint density at radius 3 is 2.05 bits per heavy atom. The van der Waals surface area contributed by atoms with Crippen molar-refractivity contribution in [2.45, 2.75) is 58.5 Å². The van der Waals surface area contributed by atoms with Crippen molar-refractivity contribution in [2.75, 3.05) is 6.61 Å². The normalized spacial score (nSPS) is 32.9. The maximum absolute atomic E-state index is 13.7. The Labute approximate surface area is 132 Å². The molecule has 2 fully saturated rings. The molecular weight excluding hydrogens is 282 g/mol. The molecule has 3 heteroatoms. The Bertz CT molecular complexity index is 489. The molecule has 1 nitrogen and oxygen atoms in total. The topological polar surface area (TPSA) is 9.23 Å². The summed E-state index contributed by atoms with van der Waals surface area (Å²) in [5.74, 6) is 1.34. The molecule has 2 unspecified atom stereocenters. The van der Waals surface area contributed by atoms with Gasteiger partial charge in [0.1, 0.15) is 11.6 Å². The van der Waals surface area contributed by atoms with Gasteiger partial charge in [-0.1, -0.05) is 19.8 Å². The largest absolute Gasteiger partial charge is 0.373 e. The lowest BCUT2D eigenvalue weighted by molar-refractivity contribution is -0.0402. The summed E-state index contributed by atoms with van der Waals surface area (Å²) in [7, 11) is 0. The molecule has 1 heterocycles. The minimum absolute atomic E-state index is 0.0914. The quantitative estimate of drug-likeness (QED) is 0.694. The van der Waals surface area contributed by atoms with E-state index in [4.69, 9.17) is 4.74 Å². The number of ether oxygens (including phenoxy) is 1. The van der Waals surface area contributed by atoms with Crippen LogP contribution in [0.1, 0.15) is 62.7 Å². The molecule has 1 aromatic rings. The molecule has 22 heavy (non-hydrogen) atoms. The zero-order valence-corrected chi connectivity index (χ0v) is 13.6. The highest BCUT2D eigenvalue weighted by atomic mass is 19.1.